The molecule has 0 fully saturated rings. The highest BCUT2D eigenvalue weighted by atomic mass is 32.2. The van der Waals surface area contributed by atoms with E-state index in [-0.39, 0.29) is 5.97 Å². The lowest BCUT2D eigenvalue weighted by molar-refractivity contribution is -0.138. The average Bonchev–Trinajstić information content (AvgIpc) is 2.66. The van der Waals surface area contributed by atoms with Crippen LogP contribution in [0, 0.1) is 0 Å². The van der Waals surface area contributed by atoms with Crippen LogP contribution in [0.25, 0.3) is 6.08 Å². The summed E-state index contributed by atoms with van der Waals surface area (Å²) >= 11 is 0. The van der Waals surface area contributed by atoms with Crippen molar-refractivity contribution in [1.82, 2.24) is 0 Å². The summed E-state index contributed by atoms with van der Waals surface area (Å²) in [5, 5.41) is 16.4. The highest BCUT2D eigenvalue weighted by Crippen LogP contribution is 2.01. The van der Waals surface area contributed by atoms with E-state index in [2.05, 4.69) is 11.3 Å². The van der Waals surface area contributed by atoms with Gasteiger partial charge in [-0.15, -0.1) is 0 Å². The normalized spacial score (nSPS) is 10.3. The Balaban J connectivity index is 0. The Kier molecular flexibility index (Phi) is 16.3. The second-order valence-corrected chi connectivity index (χ2v) is 6.27. The Morgan fingerprint density at radius 3 is 1.97 bits per heavy atom. The maximum Gasteiger partial charge on any atom is 0.330 e. The van der Waals surface area contributed by atoms with Crippen LogP contribution in [0.2, 0.25) is 0 Å². The minimum Gasteiger partial charge on any atom is -0.478 e. The van der Waals surface area contributed by atoms with E-state index in [1.165, 1.54) is 12.2 Å². The summed E-state index contributed by atoms with van der Waals surface area (Å²) in [5.41, 5.74) is 0.732. The zero-order valence-corrected chi connectivity index (χ0v) is 16.6. The van der Waals surface area contributed by atoms with Crippen molar-refractivity contribution in [3.8, 4) is 0 Å². The van der Waals surface area contributed by atoms with E-state index in [0.29, 0.717) is 18.8 Å². The zero-order chi connectivity index (χ0) is 22.7. The lowest BCUT2D eigenvalue weighted by atomic mass is 10.2. The molecule has 0 saturated carbocycles. The number of rotatable bonds is 8. The van der Waals surface area contributed by atoms with Gasteiger partial charge in [-0.3, -0.25) is 4.55 Å². The maximum absolute atomic E-state index is 10.3. The number of hydrogen-bond donors (Lipinski definition) is 3. The molecule has 160 valence electrons. The van der Waals surface area contributed by atoms with E-state index >= 15 is 0 Å². The first-order valence-corrected chi connectivity index (χ1v) is 9.65. The van der Waals surface area contributed by atoms with Crippen molar-refractivity contribution in [2.45, 2.75) is 19.8 Å². The Morgan fingerprint density at radius 1 is 1.07 bits per heavy atom. The summed E-state index contributed by atoms with van der Waals surface area (Å²) in [4.78, 5) is 29.5. The SMILES string of the molecule is C=CC(=O)OCCCC.O=C(O)/C=C\C(=O)O.O=S(=O)(O)C=Cc1ccccc1. The third kappa shape index (κ3) is 24.8. The summed E-state index contributed by atoms with van der Waals surface area (Å²) in [6, 6.07) is 8.86. The van der Waals surface area contributed by atoms with E-state index in [4.69, 9.17) is 14.8 Å². The highest BCUT2D eigenvalue weighted by molar-refractivity contribution is 7.88. The number of esters is 1. The number of aliphatic carboxylic acids is 2. The van der Waals surface area contributed by atoms with Crippen LogP contribution in [0.15, 0.2) is 60.5 Å². The number of hydrogen-bond acceptors (Lipinski definition) is 6. The molecular formula is C19H24O9S. The van der Waals surface area contributed by atoms with Crippen LogP contribution in [0.4, 0.5) is 0 Å². The molecule has 0 aliphatic carbocycles. The van der Waals surface area contributed by atoms with Crippen molar-refractivity contribution in [3.05, 3.63) is 66.1 Å². The topological polar surface area (TPSA) is 155 Å². The Morgan fingerprint density at radius 2 is 1.59 bits per heavy atom. The Bertz CT molecular complexity index is 778. The number of carbonyl (C=O) groups excluding carboxylic acids is 1. The van der Waals surface area contributed by atoms with Crippen LogP contribution >= 0.6 is 0 Å². The summed E-state index contributed by atoms with van der Waals surface area (Å²) in [6.45, 7) is 5.82. The van der Waals surface area contributed by atoms with Crippen LogP contribution in [0.3, 0.4) is 0 Å². The fourth-order valence-corrected chi connectivity index (χ4v) is 1.58. The molecule has 3 N–H and O–H groups in total. The molecule has 0 heterocycles. The number of carboxylic acids is 2. The molecule has 1 aromatic carbocycles. The fraction of sp³-hybridized carbons (Fsp3) is 0.211. The van der Waals surface area contributed by atoms with Crippen molar-refractivity contribution in [3.63, 3.8) is 0 Å². The molecule has 29 heavy (non-hydrogen) atoms. The zero-order valence-electron chi connectivity index (χ0n) is 15.8. The van der Waals surface area contributed by atoms with Crippen LogP contribution < -0.4 is 0 Å². The van der Waals surface area contributed by atoms with E-state index in [1.54, 1.807) is 24.3 Å². The molecule has 0 amide bonds. The number of benzene rings is 1. The lowest BCUT2D eigenvalue weighted by Crippen LogP contribution is -2.00. The van der Waals surface area contributed by atoms with Crippen molar-refractivity contribution < 1.29 is 42.3 Å². The molecule has 0 aliphatic heterocycles. The van der Waals surface area contributed by atoms with Gasteiger partial charge in [0.2, 0.25) is 0 Å². The second kappa shape index (κ2) is 16.9. The lowest BCUT2D eigenvalue weighted by Gasteiger charge is -1.97. The number of unbranched alkanes of at least 4 members (excludes halogenated alkanes) is 1. The van der Waals surface area contributed by atoms with Crippen LogP contribution in [-0.4, -0.2) is 47.7 Å². The van der Waals surface area contributed by atoms with E-state index < -0.39 is 22.1 Å². The van der Waals surface area contributed by atoms with Gasteiger partial charge in [0.05, 0.1) is 12.0 Å². The van der Waals surface area contributed by atoms with Crippen LogP contribution in [-0.2, 0) is 29.2 Å². The molecule has 0 bridgehead atoms. The molecule has 0 unspecified atom stereocenters. The van der Waals surface area contributed by atoms with Crippen LogP contribution in [0.1, 0.15) is 25.3 Å². The first-order valence-electron chi connectivity index (χ1n) is 8.15. The molecule has 0 spiro atoms. The molecule has 0 atom stereocenters. The molecular weight excluding hydrogens is 404 g/mol. The van der Waals surface area contributed by atoms with Crippen molar-refractivity contribution in [2.75, 3.05) is 6.61 Å². The summed E-state index contributed by atoms with van der Waals surface area (Å²) in [7, 11) is -4.00. The predicted octanol–water partition coefficient (Wildman–Crippen LogP) is 2.77. The number of carbonyl (C=O) groups is 3. The Labute approximate surface area is 169 Å². The number of ether oxygens (including phenoxy) is 1. The van der Waals surface area contributed by atoms with E-state index in [9.17, 15) is 22.8 Å². The molecule has 0 radical (unpaired) electrons. The van der Waals surface area contributed by atoms with Gasteiger partial charge in [-0.05, 0) is 18.1 Å². The molecule has 0 saturated heterocycles. The largest absolute Gasteiger partial charge is 0.478 e. The van der Waals surface area contributed by atoms with Gasteiger partial charge in [0.15, 0.2) is 0 Å². The van der Waals surface area contributed by atoms with E-state index in [1.807, 2.05) is 13.0 Å². The third-order valence-corrected chi connectivity index (χ3v) is 2.99. The molecule has 0 aliphatic rings. The van der Waals surface area contributed by atoms with Crippen molar-refractivity contribution in [2.24, 2.45) is 0 Å². The summed E-state index contributed by atoms with van der Waals surface area (Å²) in [5.74, 6) is -2.84. The number of carboxylic acid groups (broad SMARTS) is 2. The molecule has 1 aromatic rings. The predicted molar refractivity (Wildman–Crippen MR) is 108 cm³/mol. The average molecular weight is 428 g/mol. The Hall–Kier alpha value is -3.24. The minimum absolute atomic E-state index is 0.330. The highest BCUT2D eigenvalue weighted by Gasteiger charge is 1.94. The molecule has 10 heteroatoms. The molecule has 9 nitrogen and oxygen atoms in total. The van der Waals surface area contributed by atoms with E-state index in [0.717, 1.165) is 23.8 Å². The molecule has 1 rings (SSSR count). The smallest absolute Gasteiger partial charge is 0.330 e. The van der Waals surface area contributed by atoms with Gasteiger partial charge in [-0.25, -0.2) is 14.4 Å². The quantitative estimate of drug-likeness (QED) is 0.245. The van der Waals surface area contributed by atoms with Gasteiger partial charge < -0.3 is 14.9 Å². The summed E-state index contributed by atoms with van der Waals surface area (Å²) in [6.07, 6.45) is 5.60. The molecule has 0 aromatic heterocycles. The van der Waals surface area contributed by atoms with Crippen molar-refractivity contribution >= 4 is 34.1 Å². The van der Waals surface area contributed by atoms with Crippen molar-refractivity contribution in [1.29, 1.82) is 0 Å². The van der Waals surface area contributed by atoms with Gasteiger partial charge in [0, 0.05) is 18.2 Å². The van der Waals surface area contributed by atoms with Gasteiger partial charge in [0.1, 0.15) is 0 Å². The minimum atomic E-state index is -4.00. The first kappa shape index (κ1) is 28.0. The van der Waals surface area contributed by atoms with Crippen LogP contribution in [0.5, 0.6) is 0 Å². The second-order valence-electron chi connectivity index (χ2n) is 4.96. The first-order chi connectivity index (χ1) is 13.5. The maximum atomic E-state index is 10.3. The van der Waals surface area contributed by atoms with Gasteiger partial charge >= 0.3 is 17.9 Å². The third-order valence-electron chi connectivity index (χ3n) is 2.51. The van der Waals surface area contributed by atoms with Gasteiger partial charge in [-0.1, -0.05) is 50.3 Å². The monoisotopic (exact) mass is 428 g/mol. The van der Waals surface area contributed by atoms with Gasteiger partial charge in [-0.2, -0.15) is 8.42 Å². The summed E-state index contributed by atoms with van der Waals surface area (Å²) < 4.78 is 33.6. The fourth-order valence-electron chi connectivity index (χ4n) is 1.25. The standard InChI is InChI=1S/C8H8O3S.C7H12O2.C4H4O4/c9-12(10,11)7-6-8-4-2-1-3-5-8;1-3-5-6-9-7(8)4-2;5-3(6)1-2-4(7)8/h1-7H,(H,9,10,11);4H,2-3,5-6H2,1H3;1-2H,(H,5,6)(H,7,8)/b;;2-1-. The van der Waals surface area contributed by atoms with Gasteiger partial charge in [0.25, 0.3) is 10.1 Å².